The summed E-state index contributed by atoms with van der Waals surface area (Å²) in [5, 5.41) is 9.38. The van der Waals surface area contributed by atoms with Gasteiger partial charge in [-0.15, -0.1) is 0 Å². The number of ether oxygens (including phenoxy) is 1. The third-order valence-electron chi connectivity index (χ3n) is 1.64. The van der Waals surface area contributed by atoms with Gasteiger partial charge in [0.05, 0.1) is 7.11 Å². The number of phenols is 1. The maximum absolute atomic E-state index is 10.4. The van der Waals surface area contributed by atoms with E-state index in [4.69, 9.17) is 10.5 Å². The lowest BCUT2D eigenvalue weighted by atomic mass is 10.2. The van der Waals surface area contributed by atoms with Gasteiger partial charge >= 0.3 is 0 Å². The van der Waals surface area contributed by atoms with Crippen LogP contribution in [-0.2, 0) is 4.79 Å². The predicted octanol–water partition coefficient (Wildman–Crippen LogP) is 0.899. The molecule has 1 amide bonds. The Kier molecular flexibility index (Phi) is 3.12. The highest BCUT2D eigenvalue weighted by Crippen LogP contribution is 2.26. The Morgan fingerprint density at radius 3 is 2.79 bits per heavy atom. The number of amides is 1. The zero-order chi connectivity index (χ0) is 10.6. The lowest BCUT2D eigenvalue weighted by Gasteiger charge is -2.02. The van der Waals surface area contributed by atoms with Crippen LogP contribution in [0, 0.1) is 0 Å². The average molecular weight is 193 g/mol. The Morgan fingerprint density at radius 2 is 2.29 bits per heavy atom. The van der Waals surface area contributed by atoms with Gasteiger partial charge in [0.1, 0.15) is 0 Å². The van der Waals surface area contributed by atoms with Crippen molar-refractivity contribution in [1.29, 1.82) is 0 Å². The molecule has 0 radical (unpaired) electrons. The van der Waals surface area contributed by atoms with Crippen molar-refractivity contribution in [2.75, 3.05) is 7.11 Å². The number of aromatic hydroxyl groups is 1. The Balaban J connectivity index is 2.91. The van der Waals surface area contributed by atoms with E-state index in [-0.39, 0.29) is 5.75 Å². The van der Waals surface area contributed by atoms with Crippen molar-refractivity contribution >= 4 is 12.0 Å². The van der Waals surface area contributed by atoms with Gasteiger partial charge in [0, 0.05) is 6.08 Å². The van der Waals surface area contributed by atoms with Crippen LogP contribution in [0.3, 0.4) is 0 Å². The second-order valence-electron chi connectivity index (χ2n) is 2.67. The molecule has 0 aliphatic rings. The highest BCUT2D eigenvalue weighted by Gasteiger charge is 1.99. The fourth-order valence-electron chi connectivity index (χ4n) is 0.989. The molecule has 0 aliphatic carbocycles. The second-order valence-corrected chi connectivity index (χ2v) is 2.67. The maximum Gasteiger partial charge on any atom is 0.241 e. The fourth-order valence-corrected chi connectivity index (χ4v) is 0.989. The van der Waals surface area contributed by atoms with E-state index in [1.54, 1.807) is 12.1 Å². The molecule has 1 aromatic rings. The number of carbonyl (C=O) groups excluding carboxylic acids is 1. The summed E-state index contributed by atoms with van der Waals surface area (Å²) in [6.45, 7) is 0. The summed E-state index contributed by atoms with van der Waals surface area (Å²) < 4.78 is 4.86. The molecule has 1 aromatic carbocycles. The van der Waals surface area contributed by atoms with Gasteiger partial charge in [-0.3, -0.25) is 4.79 Å². The summed E-state index contributed by atoms with van der Waals surface area (Å²) >= 11 is 0. The summed E-state index contributed by atoms with van der Waals surface area (Å²) in [5.74, 6) is -0.111. The molecule has 3 N–H and O–H groups in total. The summed E-state index contributed by atoms with van der Waals surface area (Å²) in [6.07, 6.45) is 2.74. The van der Waals surface area contributed by atoms with E-state index < -0.39 is 5.91 Å². The molecular formula is C10H11NO3. The monoisotopic (exact) mass is 193 g/mol. The van der Waals surface area contributed by atoms with Crippen LogP contribution in [-0.4, -0.2) is 18.1 Å². The van der Waals surface area contributed by atoms with Gasteiger partial charge in [-0.2, -0.15) is 0 Å². The summed E-state index contributed by atoms with van der Waals surface area (Å²) in [4.78, 5) is 10.4. The first-order valence-electron chi connectivity index (χ1n) is 3.98. The first kappa shape index (κ1) is 10.1. The van der Waals surface area contributed by atoms with Crippen LogP contribution in [0.25, 0.3) is 6.08 Å². The van der Waals surface area contributed by atoms with Crippen molar-refractivity contribution in [3.8, 4) is 11.5 Å². The number of hydrogen-bond acceptors (Lipinski definition) is 3. The van der Waals surface area contributed by atoms with Gasteiger partial charge in [-0.1, -0.05) is 6.07 Å². The van der Waals surface area contributed by atoms with Crippen LogP contribution in [0.1, 0.15) is 5.56 Å². The van der Waals surface area contributed by atoms with Crippen LogP contribution >= 0.6 is 0 Å². The predicted molar refractivity (Wildman–Crippen MR) is 52.9 cm³/mol. The van der Waals surface area contributed by atoms with E-state index in [9.17, 15) is 9.90 Å². The molecule has 74 valence electrons. The third kappa shape index (κ3) is 2.52. The van der Waals surface area contributed by atoms with E-state index in [0.717, 1.165) is 0 Å². The number of phenolic OH excluding ortho intramolecular Hbond substituents is 1. The van der Waals surface area contributed by atoms with Gasteiger partial charge in [0.25, 0.3) is 0 Å². The summed E-state index contributed by atoms with van der Waals surface area (Å²) in [5.41, 5.74) is 5.60. The summed E-state index contributed by atoms with van der Waals surface area (Å²) in [7, 11) is 1.47. The smallest absolute Gasteiger partial charge is 0.241 e. The second kappa shape index (κ2) is 4.32. The van der Waals surface area contributed by atoms with E-state index >= 15 is 0 Å². The number of methoxy groups -OCH3 is 1. The van der Waals surface area contributed by atoms with Crippen molar-refractivity contribution in [3.63, 3.8) is 0 Å². The SMILES string of the molecule is COc1ccc(/C=C\C(N)=O)cc1O. The van der Waals surface area contributed by atoms with Gasteiger partial charge < -0.3 is 15.6 Å². The van der Waals surface area contributed by atoms with E-state index in [1.165, 1.54) is 25.3 Å². The minimum absolute atomic E-state index is 0.0270. The van der Waals surface area contributed by atoms with Crippen LogP contribution < -0.4 is 10.5 Å². The molecule has 0 saturated heterocycles. The van der Waals surface area contributed by atoms with Gasteiger partial charge in [-0.25, -0.2) is 0 Å². The molecule has 4 nitrogen and oxygen atoms in total. The van der Waals surface area contributed by atoms with E-state index in [2.05, 4.69) is 0 Å². The zero-order valence-corrected chi connectivity index (χ0v) is 7.73. The molecule has 0 spiro atoms. The molecule has 0 saturated carbocycles. The van der Waals surface area contributed by atoms with Gasteiger partial charge in [-0.05, 0) is 23.8 Å². The number of hydrogen-bond donors (Lipinski definition) is 2. The molecule has 0 bridgehead atoms. The average Bonchev–Trinajstić information content (AvgIpc) is 2.15. The number of rotatable bonds is 3. The van der Waals surface area contributed by atoms with Crippen molar-refractivity contribution in [1.82, 2.24) is 0 Å². The standard InChI is InChI=1S/C10H11NO3/c1-14-9-4-2-7(6-8(9)12)3-5-10(11)13/h2-6,12H,1H3,(H2,11,13)/b5-3-. The minimum Gasteiger partial charge on any atom is -0.504 e. The Bertz CT molecular complexity index is 372. The summed E-state index contributed by atoms with van der Waals surface area (Å²) in [6, 6.07) is 4.80. The molecular weight excluding hydrogens is 182 g/mol. The Hall–Kier alpha value is -1.97. The van der Waals surface area contributed by atoms with Crippen molar-refractivity contribution in [3.05, 3.63) is 29.8 Å². The molecule has 0 unspecified atom stereocenters. The molecule has 14 heavy (non-hydrogen) atoms. The van der Waals surface area contributed by atoms with Crippen molar-refractivity contribution in [2.24, 2.45) is 5.73 Å². The highest BCUT2D eigenvalue weighted by atomic mass is 16.5. The van der Waals surface area contributed by atoms with Crippen molar-refractivity contribution in [2.45, 2.75) is 0 Å². The number of carbonyl (C=O) groups is 1. The molecule has 1 rings (SSSR count). The first-order valence-corrected chi connectivity index (χ1v) is 3.98. The van der Waals surface area contributed by atoms with Crippen LogP contribution in [0.15, 0.2) is 24.3 Å². The van der Waals surface area contributed by atoms with Gasteiger partial charge in [0.15, 0.2) is 11.5 Å². The number of nitrogens with two attached hydrogens (primary N) is 1. The Morgan fingerprint density at radius 1 is 1.57 bits per heavy atom. The lowest BCUT2D eigenvalue weighted by molar-refractivity contribution is -0.113. The van der Waals surface area contributed by atoms with Crippen molar-refractivity contribution < 1.29 is 14.6 Å². The van der Waals surface area contributed by atoms with Crippen LogP contribution in [0.4, 0.5) is 0 Å². The van der Waals surface area contributed by atoms with E-state index in [0.29, 0.717) is 11.3 Å². The normalized spacial score (nSPS) is 10.4. The number of benzene rings is 1. The molecule has 0 aromatic heterocycles. The molecule has 0 fully saturated rings. The Labute approximate surface area is 81.6 Å². The first-order chi connectivity index (χ1) is 6.63. The molecule has 0 atom stereocenters. The zero-order valence-electron chi connectivity index (χ0n) is 7.73. The van der Waals surface area contributed by atoms with Crippen LogP contribution in [0.2, 0.25) is 0 Å². The maximum atomic E-state index is 10.4. The molecule has 4 heteroatoms. The number of primary amides is 1. The molecule has 0 heterocycles. The van der Waals surface area contributed by atoms with E-state index in [1.807, 2.05) is 0 Å². The highest BCUT2D eigenvalue weighted by molar-refractivity contribution is 5.90. The topological polar surface area (TPSA) is 72.5 Å². The fraction of sp³-hybridized carbons (Fsp3) is 0.100. The van der Waals surface area contributed by atoms with Crippen LogP contribution in [0.5, 0.6) is 11.5 Å². The van der Waals surface area contributed by atoms with Gasteiger partial charge in [0.2, 0.25) is 5.91 Å². The lowest BCUT2D eigenvalue weighted by Crippen LogP contribution is -2.05. The quantitative estimate of drug-likeness (QED) is 0.700. The third-order valence-corrected chi connectivity index (χ3v) is 1.64. The molecule has 0 aliphatic heterocycles. The minimum atomic E-state index is -0.527. The largest absolute Gasteiger partial charge is 0.504 e.